The summed E-state index contributed by atoms with van der Waals surface area (Å²) in [6, 6.07) is 7.85. The summed E-state index contributed by atoms with van der Waals surface area (Å²) in [5.74, 6) is -0.00121. The van der Waals surface area contributed by atoms with Crippen LogP contribution in [0.2, 0.25) is 0 Å². The Labute approximate surface area is 124 Å². The Kier molecular flexibility index (Phi) is 3.06. The van der Waals surface area contributed by atoms with Crippen LogP contribution < -0.4 is 5.73 Å². The van der Waals surface area contributed by atoms with Crippen molar-refractivity contribution in [3.63, 3.8) is 0 Å². The summed E-state index contributed by atoms with van der Waals surface area (Å²) in [7, 11) is 0. The van der Waals surface area contributed by atoms with E-state index in [9.17, 15) is 4.39 Å². The molecular weight excluding hydrogens is 379 g/mol. The zero-order valence-electron chi connectivity index (χ0n) is 9.45. The van der Waals surface area contributed by atoms with E-state index in [0.717, 1.165) is 8.95 Å². The second-order valence-electron chi connectivity index (χ2n) is 3.98. The molecule has 0 aliphatic rings. The number of benzene rings is 2. The Hall–Kier alpha value is -1.40. The van der Waals surface area contributed by atoms with Crippen LogP contribution in [0.15, 0.2) is 43.7 Å². The number of nitrogen functional groups attached to an aromatic ring is 1. The van der Waals surface area contributed by atoms with E-state index >= 15 is 0 Å². The van der Waals surface area contributed by atoms with Gasteiger partial charge in [-0.25, -0.2) is 9.37 Å². The van der Waals surface area contributed by atoms with Gasteiger partial charge in [0.1, 0.15) is 11.3 Å². The SMILES string of the molecule is Nc1c(Br)cc(Br)cc1-c1nc2ccc(F)cc2o1. The molecule has 0 fully saturated rings. The van der Waals surface area contributed by atoms with Gasteiger partial charge in [0.2, 0.25) is 5.89 Å². The third kappa shape index (κ3) is 2.26. The Morgan fingerprint density at radius 2 is 1.95 bits per heavy atom. The summed E-state index contributed by atoms with van der Waals surface area (Å²) < 4.78 is 20.3. The summed E-state index contributed by atoms with van der Waals surface area (Å²) in [4.78, 5) is 4.31. The molecule has 0 amide bonds. The number of aromatic nitrogens is 1. The fourth-order valence-electron chi connectivity index (χ4n) is 1.78. The van der Waals surface area contributed by atoms with E-state index in [1.807, 2.05) is 6.07 Å². The first-order valence-corrected chi connectivity index (χ1v) is 6.94. The second-order valence-corrected chi connectivity index (χ2v) is 5.75. The fourth-order valence-corrected chi connectivity index (χ4v) is 3.00. The van der Waals surface area contributed by atoms with E-state index in [1.165, 1.54) is 12.1 Å². The molecule has 0 aliphatic heterocycles. The van der Waals surface area contributed by atoms with Crippen molar-refractivity contribution < 1.29 is 8.81 Å². The number of rotatable bonds is 1. The molecule has 19 heavy (non-hydrogen) atoms. The predicted molar refractivity (Wildman–Crippen MR) is 79.2 cm³/mol. The molecule has 96 valence electrons. The number of oxazole rings is 1. The summed E-state index contributed by atoms with van der Waals surface area (Å²) in [6.45, 7) is 0. The summed E-state index contributed by atoms with van der Waals surface area (Å²) in [5, 5.41) is 0. The number of nitrogens with two attached hydrogens (primary N) is 1. The van der Waals surface area contributed by atoms with Crippen LogP contribution in [0.1, 0.15) is 0 Å². The molecule has 0 spiro atoms. The molecule has 3 rings (SSSR count). The molecule has 0 aliphatic carbocycles. The maximum atomic E-state index is 13.1. The molecule has 3 aromatic rings. The first kappa shape index (κ1) is 12.6. The average molecular weight is 386 g/mol. The van der Waals surface area contributed by atoms with Crippen molar-refractivity contribution in [3.05, 3.63) is 45.1 Å². The van der Waals surface area contributed by atoms with Gasteiger partial charge in [0.15, 0.2) is 5.58 Å². The van der Waals surface area contributed by atoms with E-state index < -0.39 is 0 Å². The van der Waals surface area contributed by atoms with Crippen LogP contribution in [0.4, 0.5) is 10.1 Å². The smallest absolute Gasteiger partial charge is 0.229 e. The normalized spacial score (nSPS) is 11.1. The highest BCUT2D eigenvalue weighted by Gasteiger charge is 2.14. The van der Waals surface area contributed by atoms with Crippen molar-refractivity contribution in [2.24, 2.45) is 0 Å². The number of halogens is 3. The Bertz CT molecular complexity index is 786. The Morgan fingerprint density at radius 3 is 2.74 bits per heavy atom. The quantitative estimate of drug-likeness (QED) is 0.615. The lowest BCUT2D eigenvalue weighted by Crippen LogP contribution is -1.92. The molecule has 0 bridgehead atoms. The van der Waals surface area contributed by atoms with E-state index in [1.54, 1.807) is 12.1 Å². The van der Waals surface area contributed by atoms with Crippen LogP contribution in [-0.4, -0.2) is 4.98 Å². The molecule has 0 unspecified atom stereocenters. The molecule has 3 nitrogen and oxygen atoms in total. The number of hydrogen-bond acceptors (Lipinski definition) is 3. The third-order valence-electron chi connectivity index (χ3n) is 2.68. The monoisotopic (exact) mass is 384 g/mol. The lowest BCUT2D eigenvalue weighted by molar-refractivity contribution is 0.602. The molecular formula is C13H7Br2FN2O. The lowest BCUT2D eigenvalue weighted by Gasteiger charge is -2.04. The van der Waals surface area contributed by atoms with Crippen molar-refractivity contribution in [1.82, 2.24) is 4.98 Å². The lowest BCUT2D eigenvalue weighted by atomic mass is 10.2. The Balaban J connectivity index is 2.24. The van der Waals surface area contributed by atoms with E-state index in [-0.39, 0.29) is 5.82 Å². The van der Waals surface area contributed by atoms with Gasteiger partial charge < -0.3 is 10.2 Å². The van der Waals surface area contributed by atoms with E-state index in [4.69, 9.17) is 10.2 Å². The van der Waals surface area contributed by atoms with Crippen molar-refractivity contribution in [3.8, 4) is 11.5 Å². The topological polar surface area (TPSA) is 52.0 Å². The van der Waals surface area contributed by atoms with Crippen molar-refractivity contribution in [2.45, 2.75) is 0 Å². The molecule has 0 saturated heterocycles. The molecule has 1 heterocycles. The number of anilines is 1. The van der Waals surface area contributed by atoms with Gasteiger partial charge in [0.05, 0.1) is 11.3 Å². The Morgan fingerprint density at radius 1 is 1.16 bits per heavy atom. The van der Waals surface area contributed by atoms with Gasteiger partial charge in [0, 0.05) is 15.0 Å². The average Bonchev–Trinajstić information content (AvgIpc) is 2.76. The second kappa shape index (κ2) is 4.61. The number of fused-ring (bicyclic) bond motifs is 1. The molecule has 2 N–H and O–H groups in total. The molecule has 0 radical (unpaired) electrons. The van der Waals surface area contributed by atoms with Crippen molar-refractivity contribution in [2.75, 3.05) is 5.73 Å². The van der Waals surface area contributed by atoms with Gasteiger partial charge in [-0.05, 0) is 40.2 Å². The maximum absolute atomic E-state index is 13.1. The first-order valence-electron chi connectivity index (χ1n) is 5.35. The molecule has 0 atom stereocenters. The fraction of sp³-hybridized carbons (Fsp3) is 0. The highest BCUT2D eigenvalue weighted by Crippen LogP contribution is 2.36. The number of nitrogens with zero attached hydrogens (tertiary/aromatic N) is 1. The summed E-state index contributed by atoms with van der Waals surface area (Å²) >= 11 is 6.75. The predicted octanol–water partition coefficient (Wildman–Crippen LogP) is 4.74. The van der Waals surface area contributed by atoms with Gasteiger partial charge in [-0.1, -0.05) is 15.9 Å². The van der Waals surface area contributed by atoms with Crippen LogP contribution in [0.3, 0.4) is 0 Å². The number of hydrogen-bond donors (Lipinski definition) is 1. The summed E-state index contributed by atoms with van der Waals surface area (Å²) in [5.41, 5.74) is 8.15. The highest BCUT2D eigenvalue weighted by molar-refractivity contribution is 9.11. The standard InChI is InChI=1S/C13H7Br2FN2O/c14-6-3-8(12(17)9(15)4-6)13-18-10-2-1-7(16)5-11(10)19-13/h1-5H,17H2. The minimum absolute atomic E-state index is 0.361. The van der Waals surface area contributed by atoms with Gasteiger partial charge in [-0.3, -0.25) is 0 Å². The largest absolute Gasteiger partial charge is 0.436 e. The van der Waals surface area contributed by atoms with Crippen molar-refractivity contribution >= 4 is 48.6 Å². The molecule has 1 aromatic heterocycles. The zero-order valence-corrected chi connectivity index (χ0v) is 12.6. The molecule has 2 aromatic carbocycles. The van der Waals surface area contributed by atoms with Crippen LogP contribution >= 0.6 is 31.9 Å². The van der Waals surface area contributed by atoms with E-state index in [0.29, 0.717) is 28.2 Å². The van der Waals surface area contributed by atoms with Gasteiger partial charge in [-0.15, -0.1) is 0 Å². The molecule has 6 heteroatoms. The minimum Gasteiger partial charge on any atom is -0.436 e. The van der Waals surface area contributed by atoms with Gasteiger partial charge in [0.25, 0.3) is 0 Å². The zero-order chi connectivity index (χ0) is 13.6. The third-order valence-corrected chi connectivity index (χ3v) is 3.79. The summed E-state index contributed by atoms with van der Waals surface area (Å²) in [6.07, 6.45) is 0. The first-order chi connectivity index (χ1) is 9.04. The van der Waals surface area contributed by atoms with Gasteiger partial charge in [-0.2, -0.15) is 0 Å². The van der Waals surface area contributed by atoms with Gasteiger partial charge >= 0.3 is 0 Å². The van der Waals surface area contributed by atoms with Crippen LogP contribution in [-0.2, 0) is 0 Å². The van der Waals surface area contributed by atoms with Crippen LogP contribution in [0.5, 0.6) is 0 Å². The highest BCUT2D eigenvalue weighted by atomic mass is 79.9. The molecule has 0 saturated carbocycles. The van der Waals surface area contributed by atoms with E-state index in [2.05, 4.69) is 36.8 Å². The van der Waals surface area contributed by atoms with Crippen LogP contribution in [0, 0.1) is 5.82 Å². The van der Waals surface area contributed by atoms with Crippen molar-refractivity contribution in [1.29, 1.82) is 0 Å². The maximum Gasteiger partial charge on any atom is 0.229 e. The minimum atomic E-state index is -0.362. The van der Waals surface area contributed by atoms with Crippen LogP contribution in [0.25, 0.3) is 22.6 Å².